The Kier molecular flexibility index (Phi) is 3.51. The third-order valence-corrected chi connectivity index (χ3v) is 4.05. The molecule has 19 heavy (non-hydrogen) atoms. The van der Waals surface area contributed by atoms with Crippen molar-refractivity contribution in [3.8, 4) is 0 Å². The van der Waals surface area contributed by atoms with Gasteiger partial charge in [0.2, 0.25) is 0 Å². The number of hydrogen-bond donors (Lipinski definition) is 1. The van der Waals surface area contributed by atoms with Crippen molar-refractivity contribution in [3.05, 3.63) is 29.8 Å². The van der Waals surface area contributed by atoms with E-state index < -0.39 is 21.8 Å². The highest BCUT2D eigenvalue weighted by molar-refractivity contribution is 7.86. The molecular formula is C12H15NO5S. The summed E-state index contributed by atoms with van der Waals surface area (Å²) in [4.78, 5) is 11.0. The van der Waals surface area contributed by atoms with Gasteiger partial charge in [0.25, 0.3) is 10.1 Å². The van der Waals surface area contributed by atoms with E-state index in [2.05, 4.69) is 5.32 Å². The number of rotatable bonds is 4. The summed E-state index contributed by atoms with van der Waals surface area (Å²) in [6, 6.07) is 6.35. The van der Waals surface area contributed by atoms with Gasteiger partial charge in [-0.1, -0.05) is 17.7 Å². The first-order valence-electron chi connectivity index (χ1n) is 5.72. The van der Waals surface area contributed by atoms with Crippen LogP contribution in [-0.4, -0.2) is 33.3 Å². The summed E-state index contributed by atoms with van der Waals surface area (Å²) in [7, 11) is -3.83. The van der Waals surface area contributed by atoms with Gasteiger partial charge in [-0.15, -0.1) is 0 Å². The van der Waals surface area contributed by atoms with Crippen LogP contribution >= 0.6 is 0 Å². The number of amides is 1. The highest BCUT2D eigenvalue weighted by Gasteiger charge is 2.36. The van der Waals surface area contributed by atoms with E-state index in [0.29, 0.717) is 0 Å². The monoisotopic (exact) mass is 285 g/mol. The third-order valence-electron chi connectivity index (χ3n) is 2.77. The fraction of sp³-hybridized carbons (Fsp3) is 0.417. The molecule has 2 rings (SSSR count). The third kappa shape index (κ3) is 3.24. The van der Waals surface area contributed by atoms with Crippen molar-refractivity contribution in [2.24, 2.45) is 0 Å². The quantitative estimate of drug-likeness (QED) is 0.841. The molecule has 1 heterocycles. The van der Waals surface area contributed by atoms with E-state index in [9.17, 15) is 13.2 Å². The maximum absolute atomic E-state index is 11.9. The summed E-state index contributed by atoms with van der Waals surface area (Å²) in [5.74, 6) is 0. The van der Waals surface area contributed by atoms with Gasteiger partial charge in [0.05, 0.1) is 17.0 Å². The van der Waals surface area contributed by atoms with Gasteiger partial charge < -0.3 is 10.1 Å². The lowest BCUT2D eigenvalue weighted by Gasteiger charge is -2.20. The Hall–Kier alpha value is -1.60. The molecule has 1 aromatic carbocycles. The molecule has 1 fully saturated rings. The smallest absolute Gasteiger partial charge is 0.407 e. The van der Waals surface area contributed by atoms with Gasteiger partial charge in [0.15, 0.2) is 0 Å². The van der Waals surface area contributed by atoms with Crippen molar-refractivity contribution in [1.82, 2.24) is 5.32 Å². The van der Waals surface area contributed by atoms with E-state index in [1.165, 1.54) is 12.1 Å². The minimum Gasteiger partial charge on any atom is -0.447 e. The lowest BCUT2D eigenvalue weighted by Crippen LogP contribution is -2.45. The van der Waals surface area contributed by atoms with E-state index in [1.54, 1.807) is 19.1 Å². The molecule has 0 aromatic heterocycles. The van der Waals surface area contributed by atoms with Crippen LogP contribution in [0.2, 0.25) is 0 Å². The van der Waals surface area contributed by atoms with E-state index in [4.69, 9.17) is 8.92 Å². The van der Waals surface area contributed by atoms with Crippen LogP contribution in [0.1, 0.15) is 12.5 Å². The second-order valence-corrected chi connectivity index (χ2v) is 6.41. The molecule has 1 aliphatic rings. The van der Waals surface area contributed by atoms with Crippen LogP contribution in [0.3, 0.4) is 0 Å². The molecule has 1 atom stereocenters. The second kappa shape index (κ2) is 4.82. The minimum atomic E-state index is -3.83. The van der Waals surface area contributed by atoms with Crippen LogP contribution in [-0.2, 0) is 19.0 Å². The van der Waals surface area contributed by atoms with Crippen LogP contribution in [0.5, 0.6) is 0 Å². The van der Waals surface area contributed by atoms with Crippen molar-refractivity contribution in [3.63, 3.8) is 0 Å². The van der Waals surface area contributed by atoms with Crippen LogP contribution in [0.25, 0.3) is 0 Å². The fourth-order valence-corrected chi connectivity index (χ4v) is 2.62. The van der Waals surface area contributed by atoms with Crippen LogP contribution in [0.15, 0.2) is 29.2 Å². The van der Waals surface area contributed by atoms with Crippen molar-refractivity contribution < 1.29 is 22.1 Å². The van der Waals surface area contributed by atoms with Gasteiger partial charge in [0, 0.05) is 0 Å². The summed E-state index contributed by atoms with van der Waals surface area (Å²) in [5, 5.41) is 2.51. The number of nitrogens with one attached hydrogen (secondary N) is 1. The molecule has 0 spiro atoms. The number of carbonyl (C=O) groups excluding carboxylic acids is 1. The molecule has 0 saturated carbocycles. The number of aryl methyl sites for hydroxylation is 1. The zero-order valence-corrected chi connectivity index (χ0v) is 11.5. The van der Waals surface area contributed by atoms with E-state index in [0.717, 1.165) is 5.56 Å². The zero-order valence-electron chi connectivity index (χ0n) is 10.7. The van der Waals surface area contributed by atoms with Gasteiger partial charge in [-0.3, -0.25) is 4.18 Å². The van der Waals surface area contributed by atoms with Gasteiger partial charge in [-0.05, 0) is 26.0 Å². The topological polar surface area (TPSA) is 81.7 Å². The molecule has 1 saturated heterocycles. The Bertz CT molecular complexity index is 581. The summed E-state index contributed by atoms with van der Waals surface area (Å²) < 4.78 is 33.6. The number of benzene rings is 1. The molecule has 0 bridgehead atoms. The molecule has 0 aliphatic carbocycles. The number of cyclic esters (lactones) is 1. The van der Waals surface area contributed by atoms with Crippen LogP contribution in [0.4, 0.5) is 4.79 Å². The SMILES string of the molecule is Cc1ccc(S(=O)(=O)OC[C@]2(C)COC(=O)N2)cc1. The lowest BCUT2D eigenvalue weighted by molar-refractivity contribution is 0.162. The Balaban J connectivity index is 2.06. The van der Waals surface area contributed by atoms with Gasteiger partial charge in [-0.2, -0.15) is 8.42 Å². The van der Waals surface area contributed by atoms with Gasteiger partial charge >= 0.3 is 6.09 Å². The highest BCUT2D eigenvalue weighted by Crippen LogP contribution is 2.18. The molecule has 7 heteroatoms. The average Bonchev–Trinajstić information content (AvgIpc) is 2.68. The fourth-order valence-electron chi connectivity index (χ4n) is 1.60. The van der Waals surface area contributed by atoms with Crippen LogP contribution in [0, 0.1) is 6.92 Å². The predicted molar refractivity (Wildman–Crippen MR) is 67.2 cm³/mol. The van der Waals surface area contributed by atoms with Crippen molar-refractivity contribution in [2.45, 2.75) is 24.3 Å². The van der Waals surface area contributed by atoms with E-state index in [-0.39, 0.29) is 18.1 Å². The summed E-state index contributed by atoms with van der Waals surface area (Å²) >= 11 is 0. The molecule has 1 aromatic rings. The van der Waals surface area contributed by atoms with E-state index in [1.807, 2.05) is 6.92 Å². The molecule has 1 N–H and O–H groups in total. The predicted octanol–water partition coefficient (Wildman–Crippen LogP) is 1.20. The Morgan fingerprint density at radius 1 is 1.37 bits per heavy atom. The normalized spacial score (nSPS) is 22.9. The second-order valence-electron chi connectivity index (χ2n) is 4.79. The maximum Gasteiger partial charge on any atom is 0.407 e. The minimum absolute atomic E-state index is 0.0786. The molecule has 104 valence electrons. The lowest BCUT2D eigenvalue weighted by atomic mass is 10.1. The van der Waals surface area contributed by atoms with Gasteiger partial charge in [-0.25, -0.2) is 4.79 Å². The zero-order chi connectivity index (χ0) is 14.1. The first kappa shape index (κ1) is 13.8. The van der Waals surface area contributed by atoms with Crippen molar-refractivity contribution in [1.29, 1.82) is 0 Å². The summed E-state index contributed by atoms with van der Waals surface area (Å²) in [6.07, 6.45) is -0.571. The average molecular weight is 285 g/mol. The molecule has 1 amide bonds. The molecule has 0 radical (unpaired) electrons. The van der Waals surface area contributed by atoms with E-state index >= 15 is 0 Å². The molecule has 1 aliphatic heterocycles. The Labute approximate surface area is 111 Å². The Morgan fingerprint density at radius 2 is 2.00 bits per heavy atom. The van der Waals surface area contributed by atoms with Crippen LogP contribution < -0.4 is 5.32 Å². The molecular weight excluding hydrogens is 270 g/mol. The Morgan fingerprint density at radius 3 is 2.53 bits per heavy atom. The molecule has 6 nitrogen and oxygen atoms in total. The maximum atomic E-state index is 11.9. The highest BCUT2D eigenvalue weighted by atomic mass is 32.2. The van der Waals surface area contributed by atoms with Gasteiger partial charge in [0.1, 0.15) is 6.61 Å². The largest absolute Gasteiger partial charge is 0.447 e. The molecule has 0 unspecified atom stereocenters. The number of ether oxygens (including phenoxy) is 1. The first-order chi connectivity index (χ1) is 8.81. The summed E-state index contributed by atoms with van der Waals surface area (Å²) in [6.45, 7) is 3.43. The number of carbonyl (C=O) groups is 1. The summed E-state index contributed by atoms with van der Waals surface area (Å²) in [5.41, 5.74) is 0.136. The number of hydrogen-bond acceptors (Lipinski definition) is 5. The van der Waals surface area contributed by atoms with Crippen molar-refractivity contribution >= 4 is 16.2 Å². The standard InChI is InChI=1S/C12H15NO5S/c1-9-3-5-10(6-4-9)19(15,16)18-8-12(2)7-17-11(14)13-12/h3-6H,7-8H2,1-2H3,(H,13,14)/t12-/m0/s1. The number of alkyl carbamates (subject to hydrolysis) is 1. The van der Waals surface area contributed by atoms with Crippen molar-refractivity contribution in [2.75, 3.05) is 13.2 Å². The first-order valence-corrected chi connectivity index (χ1v) is 7.13.